The zero-order chi connectivity index (χ0) is 67.1. The standard InChI is InChI=1S/C73H115NO18/c1-8-10-12-14-16-18-20-22-24-26-28-30-32-34-39-43-63(75)84-53-51-62(89-66(78)50-49-65(77)88-57-71(5,6)68(80)86-55-60-45-47-61(83-7)48-46-60)67(79)90-72(73(58(3)4,69(81)91-92-72)74-70(82)87-56-59-41-37-36-38-42-59)52-54-85-64(76)44-40-35-33-31-29-27-25-23-21-19-17-15-13-11-9-2/h36-38,41-42,45-48,58,62H,8-35,39-40,43-44,49-57H2,1-7H3,(H,74,82)/t62?,72?,73-/m0/s1. The summed E-state index contributed by atoms with van der Waals surface area (Å²) in [6, 6.07) is 15.7. The Labute approximate surface area is 550 Å². The summed E-state index contributed by atoms with van der Waals surface area (Å²) < 4.78 is 44.6. The van der Waals surface area contributed by atoms with Crippen molar-refractivity contribution in [3.8, 4) is 5.75 Å². The Hall–Kier alpha value is -6.24. The lowest BCUT2D eigenvalue weighted by Crippen LogP contribution is -2.70. The molecule has 92 heavy (non-hydrogen) atoms. The number of alkyl carbamates (subject to hydrolysis) is 1. The molecule has 19 heteroatoms. The molecular formula is C73H115NO18. The van der Waals surface area contributed by atoms with Crippen molar-refractivity contribution in [2.45, 2.75) is 303 Å². The molecule has 0 spiro atoms. The van der Waals surface area contributed by atoms with Crippen LogP contribution in [0.3, 0.4) is 0 Å². The van der Waals surface area contributed by atoms with Gasteiger partial charge in [0, 0.05) is 19.3 Å². The maximum absolute atomic E-state index is 14.7. The first-order valence-electron chi connectivity index (χ1n) is 35.0. The van der Waals surface area contributed by atoms with Crippen LogP contribution in [0.1, 0.15) is 284 Å². The molecule has 1 fully saturated rings. The Kier molecular flexibility index (Phi) is 41.4. The molecule has 1 N–H and O–H groups in total. The number of unbranched alkanes of at least 4 members (excludes halogenated alkanes) is 28. The first kappa shape index (κ1) is 80.0. The summed E-state index contributed by atoms with van der Waals surface area (Å²) in [5.41, 5.74) is -2.28. The number of benzene rings is 2. The highest BCUT2D eigenvalue weighted by atomic mass is 17.3. The van der Waals surface area contributed by atoms with Crippen molar-refractivity contribution in [3.63, 3.8) is 0 Å². The van der Waals surface area contributed by atoms with Crippen molar-refractivity contribution in [2.75, 3.05) is 26.9 Å². The molecule has 0 aliphatic carbocycles. The zero-order valence-corrected chi connectivity index (χ0v) is 57.2. The predicted molar refractivity (Wildman–Crippen MR) is 350 cm³/mol. The fraction of sp³-hybridized carbons (Fsp3) is 0.726. The Morgan fingerprint density at radius 1 is 0.511 bits per heavy atom. The van der Waals surface area contributed by atoms with Gasteiger partial charge in [0.25, 0.3) is 5.79 Å². The van der Waals surface area contributed by atoms with Crippen LogP contribution < -0.4 is 10.1 Å². The highest BCUT2D eigenvalue weighted by Gasteiger charge is 2.71. The molecule has 0 saturated carbocycles. The van der Waals surface area contributed by atoms with Gasteiger partial charge in [-0.25, -0.2) is 14.4 Å². The number of hydrogen-bond donors (Lipinski definition) is 1. The fourth-order valence-electron chi connectivity index (χ4n) is 11.0. The zero-order valence-electron chi connectivity index (χ0n) is 57.2. The molecule has 1 heterocycles. The van der Waals surface area contributed by atoms with Crippen LogP contribution >= 0.6 is 0 Å². The van der Waals surface area contributed by atoms with Crippen LogP contribution in [0.2, 0.25) is 0 Å². The lowest BCUT2D eigenvalue weighted by Gasteiger charge is -2.41. The Morgan fingerprint density at radius 3 is 1.42 bits per heavy atom. The second-order valence-electron chi connectivity index (χ2n) is 25.6. The van der Waals surface area contributed by atoms with Gasteiger partial charge in [-0.3, -0.25) is 34.2 Å². The highest BCUT2D eigenvalue weighted by molar-refractivity contribution is 5.90. The second-order valence-corrected chi connectivity index (χ2v) is 25.6. The molecule has 0 aromatic heterocycles. The number of carbonyl (C=O) groups excluding carboxylic acids is 8. The smallest absolute Gasteiger partial charge is 0.408 e. The number of methoxy groups -OCH3 is 1. The Balaban J connectivity index is 1.71. The van der Waals surface area contributed by atoms with Crippen LogP contribution in [0.25, 0.3) is 0 Å². The fourth-order valence-corrected chi connectivity index (χ4v) is 11.0. The molecular weight excluding hydrogens is 1180 g/mol. The number of rotatable bonds is 54. The SMILES string of the molecule is CCCCCCCCCCCCCCCCCC(=O)OCCC(OC(=O)CCC(=O)OCC(C)(C)C(=O)OCc1ccc(OC)cc1)C(=O)OC1(CCOC(=O)CCCCCCCCCCCCCCCCC)OOC(=O)[C@@]1(NC(=O)OCc1ccccc1)C(C)C. The Morgan fingerprint density at radius 2 is 0.946 bits per heavy atom. The minimum Gasteiger partial charge on any atom is -0.497 e. The van der Waals surface area contributed by atoms with E-state index in [1.807, 2.05) is 0 Å². The highest BCUT2D eigenvalue weighted by Crippen LogP contribution is 2.44. The van der Waals surface area contributed by atoms with Gasteiger partial charge in [-0.1, -0.05) is 250 Å². The average Bonchev–Trinajstić information content (AvgIpc) is 1.53. The summed E-state index contributed by atoms with van der Waals surface area (Å²) in [7, 11) is 1.54. The van der Waals surface area contributed by atoms with Crippen molar-refractivity contribution in [3.05, 3.63) is 65.7 Å². The summed E-state index contributed by atoms with van der Waals surface area (Å²) in [6.07, 6.45) is 30.0. The summed E-state index contributed by atoms with van der Waals surface area (Å²) >= 11 is 0. The van der Waals surface area contributed by atoms with Crippen molar-refractivity contribution in [1.82, 2.24) is 5.32 Å². The van der Waals surface area contributed by atoms with E-state index in [0.717, 1.165) is 51.4 Å². The van der Waals surface area contributed by atoms with E-state index in [0.29, 0.717) is 29.7 Å². The number of nitrogens with one attached hydrogen (secondary N) is 1. The molecule has 1 aliphatic rings. The molecule has 1 amide bonds. The van der Waals surface area contributed by atoms with Crippen molar-refractivity contribution < 1.29 is 86.0 Å². The number of carbonyl (C=O) groups is 8. The first-order valence-corrected chi connectivity index (χ1v) is 35.0. The molecule has 0 radical (unpaired) electrons. The van der Waals surface area contributed by atoms with E-state index in [4.69, 9.17) is 47.7 Å². The van der Waals surface area contributed by atoms with Gasteiger partial charge in [0.05, 0.1) is 45.0 Å². The Bertz CT molecular complexity index is 2400. The van der Waals surface area contributed by atoms with Crippen molar-refractivity contribution >= 4 is 47.9 Å². The summed E-state index contributed by atoms with van der Waals surface area (Å²) in [5.74, 6) is -9.06. The van der Waals surface area contributed by atoms with Gasteiger partial charge in [-0.2, -0.15) is 0 Å². The van der Waals surface area contributed by atoms with Gasteiger partial charge in [-0.15, -0.1) is 4.89 Å². The maximum atomic E-state index is 14.7. The van der Waals surface area contributed by atoms with Crippen molar-refractivity contribution in [2.24, 2.45) is 11.3 Å². The topological polar surface area (TPSA) is 241 Å². The van der Waals surface area contributed by atoms with Gasteiger partial charge in [0.15, 0.2) is 0 Å². The van der Waals surface area contributed by atoms with E-state index < -0.39 is 116 Å². The molecule has 19 nitrogen and oxygen atoms in total. The van der Waals surface area contributed by atoms with E-state index in [1.54, 1.807) is 75.6 Å². The quantitative estimate of drug-likeness (QED) is 0.0280. The third-order valence-electron chi connectivity index (χ3n) is 16.9. The van der Waals surface area contributed by atoms with E-state index in [-0.39, 0.29) is 32.7 Å². The molecule has 2 aromatic rings. The van der Waals surface area contributed by atoms with Gasteiger partial charge >= 0.3 is 47.9 Å². The molecule has 3 atom stereocenters. The molecule has 2 unspecified atom stereocenters. The summed E-state index contributed by atoms with van der Waals surface area (Å²) in [5, 5.41) is 2.56. The number of esters is 6. The normalized spacial score (nSPS) is 15.7. The average molecular weight is 1290 g/mol. The molecule has 0 bridgehead atoms. The second kappa shape index (κ2) is 47.6. The molecule has 1 aliphatic heterocycles. The van der Waals surface area contributed by atoms with Gasteiger partial charge < -0.3 is 37.9 Å². The van der Waals surface area contributed by atoms with Gasteiger partial charge in [0.2, 0.25) is 11.6 Å². The monoisotopic (exact) mass is 1290 g/mol. The van der Waals surface area contributed by atoms with Crippen LogP contribution in [-0.4, -0.2) is 92.2 Å². The maximum Gasteiger partial charge on any atom is 0.408 e. The van der Waals surface area contributed by atoms with Crippen LogP contribution in [0, 0.1) is 11.3 Å². The lowest BCUT2D eigenvalue weighted by molar-refractivity contribution is -0.371. The summed E-state index contributed by atoms with van der Waals surface area (Å²) in [4.78, 5) is 120. The van der Waals surface area contributed by atoms with E-state index in [9.17, 15) is 38.4 Å². The van der Waals surface area contributed by atoms with Gasteiger partial charge in [0.1, 0.15) is 25.6 Å². The largest absolute Gasteiger partial charge is 0.497 e. The van der Waals surface area contributed by atoms with Crippen LogP contribution in [-0.2, 0) is 89.7 Å². The third-order valence-corrected chi connectivity index (χ3v) is 16.9. The summed E-state index contributed by atoms with van der Waals surface area (Å²) in [6.45, 7) is 9.10. The molecule has 1 saturated heterocycles. The predicted octanol–water partition coefficient (Wildman–Crippen LogP) is 16.4. The van der Waals surface area contributed by atoms with Crippen molar-refractivity contribution in [1.29, 1.82) is 0 Å². The molecule has 3 rings (SSSR count). The number of hydrogen-bond acceptors (Lipinski definition) is 18. The van der Waals surface area contributed by atoms with Crippen LogP contribution in [0.4, 0.5) is 4.79 Å². The first-order chi connectivity index (χ1) is 44.4. The van der Waals surface area contributed by atoms with Gasteiger partial charge in [-0.05, 0) is 55.9 Å². The van der Waals surface area contributed by atoms with E-state index in [1.165, 1.54) is 142 Å². The van der Waals surface area contributed by atoms with E-state index in [2.05, 4.69) is 19.2 Å². The van der Waals surface area contributed by atoms with E-state index >= 15 is 0 Å². The molecule has 520 valence electrons. The third kappa shape index (κ3) is 32.5. The van der Waals surface area contributed by atoms with Crippen LogP contribution in [0.15, 0.2) is 54.6 Å². The minimum atomic E-state index is -2.59. The lowest BCUT2D eigenvalue weighted by atomic mass is 9.77. The van der Waals surface area contributed by atoms with Crippen LogP contribution in [0.5, 0.6) is 5.75 Å². The molecule has 2 aromatic carbocycles. The number of ether oxygens (including phenoxy) is 8. The minimum absolute atomic E-state index is 0.0334. The number of amides is 1.